The van der Waals surface area contributed by atoms with Crippen molar-refractivity contribution in [3.8, 4) is 0 Å². The Morgan fingerprint density at radius 3 is 2.27 bits per heavy atom. The highest BCUT2D eigenvalue weighted by Gasteiger charge is 2.38. The molecule has 1 aromatic rings. The molecule has 0 N–H and O–H groups in total. The number of carbonyl (C=O) groups is 2. The van der Waals surface area contributed by atoms with Crippen molar-refractivity contribution in [1.29, 1.82) is 0 Å². The van der Waals surface area contributed by atoms with E-state index in [1.165, 1.54) is 18.6 Å². The van der Waals surface area contributed by atoms with Crippen LogP contribution in [0.1, 0.15) is 65.4 Å². The molecule has 5 atom stereocenters. The first-order chi connectivity index (χ1) is 15.8. The van der Waals surface area contributed by atoms with Crippen LogP contribution >= 0.6 is 0 Å². The lowest BCUT2D eigenvalue weighted by Crippen LogP contribution is -2.37. The van der Waals surface area contributed by atoms with Gasteiger partial charge in [0, 0.05) is 25.8 Å². The average Bonchev–Trinajstić information content (AvgIpc) is 2.77. The Balaban J connectivity index is 1.80. The third-order valence-electron chi connectivity index (χ3n) is 7.06. The van der Waals surface area contributed by atoms with Gasteiger partial charge in [-0.25, -0.2) is 4.79 Å². The maximum atomic E-state index is 12.6. The van der Waals surface area contributed by atoms with Gasteiger partial charge in [-0.2, -0.15) is 0 Å². The Kier molecular flexibility index (Phi) is 9.11. The summed E-state index contributed by atoms with van der Waals surface area (Å²) in [5, 5.41) is 0. The molecule has 0 saturated heterocycles. The average molecular weight is 451 g/mol. The van der Waals surface area contributed by atoms with Gasteiger partial charge in [-0.1, -0.05) is 68.0 Å². The van der Waals surface area contributed by atoms with Crippen molar-refractivity contribution in [2.24, 2.45) is 23.7 Å². The van der Waals surface area contributed by atoms with Crippen molar-refractivity contribution in [3.63, 3.8) is 0 Å². The summed E-state index contributed by atoms with van der Waals surface area (Å²) in [4.78, 5) is 24.3. The van der Waals surface area contributed by atoms with Crippen LogP contribution in [-0.2, 0) is 19.1 Å². The van der Waals surface area contributed by atoms with Gasteiger partial charge in [-0.15, -0.1) is 0 Å². The number of benzene rings is 1. The van der Waals surface area contributed by atoms with Crippen molar-refractivity contribution in [1.82, 2.24) is 0 Å². The number of allylic oxidation sites excluding steroid dienone is 2. The molecule has 0 spiro atoms. The third-order valence-corrected chi connectivity index (χ3v) is 7.06. The molecule has 5 unspecified atom stereocenters. The molecule has 0 amide bonds. The van der Waals surface area contributed by atoms with E-state index in [2.05, 4.69) is 39.0 Å². The zero-order valence-electron chi connectivity index (χ0n) is 20.4. The SMILES string of the molecule is CC(=O)OC1C/C=C\CC(OC(=O)C=Cc2ccccc2)CC2C(C)=CCC(C(C)C)C2C1. The topological polar surface area (TPSA) is 52.6 Å². The quantitative estimate of drug-likeness (QED) is 0.291. The zero-order valence-corrected chi connectivity index (χ0v) is 20.4. The molecular weight excluding hydrogens is 412 g/mol. The van der Waals surface area contributed by atoms with Gasteiger partial charge >= 0.3 is 11.9 Å². The van der Waals surface area contributed by atoms with Crippen LogP contribution in [0.15, 0.2) is 60.2 Å². The van der Waals surface area contributed by atoms with Gasteiger partial charge in [0.15, 0.2) is 0 Å². The van der Waals surface area contributed by atoms with E-state index in [4.69, 9.17) is 9.47 Å². The van der Waals surface area contributed by atoms with Crippen LogP contribution in [0, 0.1) is 23.7 Å². The number of rotatable bonds is 5. The molecule has 0 fully saturated rings. The Morgan fingerprint density at radius 1 is 0.970 bits per heavy atom. The van der Waals surface area contributed by atoms with E-state index in [1.54, 1.807) is 6.08 Å². The molecule has 0 aliphatic heterocycles. The van der Waals surface area contributed by atoms with Crippen molar-refractivity contribution >= 4 is 18.0 Å². The number of hydrogen-bond donors (Lipinski definition) is 0. The van der Waals surface area contributed by atoms with Crippen LogP contribution in [0.25, 0.3) is 6.08 Å². The second kappa shape index (κ2) is 12.0. The lowest BCUT2D eigenvalue weighted by molar-refractivity contribution is -0.148. The van der Waals surface area contributed by atoms with Crippen molar-refractivity contribution < 1.29 is 19.1 Å². The highest BCUT2D eigenvalue weighted by Crippen LogP contribution is 2.44. The summed E-state index contributed by atoms with van der Waals surface area (Å²) < 4.78 is 11.6. The van der Waals surface area contributed by atoms with Crippen LogP contribution in [0.2, 0.25) is 0 Å². The zero-order chi connectivity index (χ0) is 23.8. The summed E-state index contributed by atoms with van der Waals surface area (Å²) in [6.07, 6.45) is 13.6. The molecule has 178 valence electrons. The Morgan fingerprint density at radius 2 is 1.64 bits per heavy atom. The summed E-state index contributed by atoms with van der Waals surface area (Å²) >= 11 is 0. The minimum Gasteiger partial charge on any atom is -0.462 e. The molecule has 33 heavy (non-hydrogen) atoms. The Labute approximate surface area is 198 Å². The van der Waals surface area contributed by atoms with E-state index in [0.717, 1.165) is 24.8 Å². The van der Waals surface area contributed by atoms with Gasteiger partial charge in [0.1, 0.15) is 12.2 Å². The molecule has 0 saturated carbocycles. The number of carbonyl (C=O) groups excluding carboxylic acids is 2. The van der Waals surface area contributed by atoms with E-state index in [9.17, 15) is 9.59 Å². The standard InChI is InChI=1S/C29H38O4/c1-20(2)26-16-14-21(3)27-18-25(33-29(31)17-15-23-10-6-5-7-11-23)13-9-8-12-24(19-28(26)27)32-22(4)30/h5-11,14-15,17,20,24-28H,12-13,16,18-19H2,1-4H3/b9-8-,17-15?. The molecule has 2 aliphatic rings. The number of hydrogen-bond acceptors (Lipinski definition) is 4. The van der Waals surface area contributed by atoms with Gasteiger partial charge in [0.2, 0.25) is 0 Å². The Hall–Kier alpha value is -2.62. The van der Waals surface area contributed by atoms with Gasteiger partial charge in [0.25, 0.3) is 0 Å². The van der Waals surface area contributed by atoms with Crippen LogP contribution in [0.4, 0.5) is 0 Å². The fourth-order valence-electron chi connectivity index (χ4n) is 5.38. The maximum Gasteiger partial charge on any atom is 0.331 e. The van der Waals surface area contributed by atoms with Crippen molar-refractivity contribution in [2.45, 2.75) is 72.0 Å². The van der Waals surface area contributed by atoms with Gasteiger partial charge in [0.05, 0.1) is 0 Å². The first-order valence-electron chi connectivity index (χ1n) is 12.3. The molecule has 0 bridgehead atoms. The van der Waals surface area contributed by atoms with Gasteiger partial charge in [-0.05, 0) is 61.5 Å². The highest BCUT2D eigenvalue weighted by molar-refractivity contribution is 5.87. The van der Waals surface area contributed by atoms with E-state index in [0.29, 0.717) is 36.5 Å². The molecule has 0 heterocycles. The number of ether oxygens (including phenoxy) is 2. The summed E-state index contributed by atoms with van der Waals surface area (Å²) in [6, 6.07) is 9.77. The van der Waals surface area contributed by atoms with Crippen LogP contribution in [0.5, 0.6) is 0 Å². The minimum absolute atomic E-state index is 0.105. The molecular formula is C29H38O4. The predicted octanol–water partition coefficient (Wildman–Crippen LogP) is 6.53. The minimum atomic E-state index is -0.304. The Bertz CT molecular complexity index is 880. The summed E-state index contributed by atoms with van der Waals surface area (Å²) in [5.74, 6) is 1.24. The molecule has 0 aromatic heterocycles. The van der Waals surface area contributed by atoms with Crippen LogP contribution < -0.4 is 0 Å². The monoisotopic (exact) mass is 450 g/mol. The maximum absolute atomic E-state index is 12.6. The summed E-state index contributed by atoms with van der Waals surface area (Å²) in [6.45, 7) is 8.25. The van der Waals surface area contributed by atoms with Crippen LogP contribution in [-0.4, -0.2) is 24.1 Å². The first-order valence-corrected chi connectivity index (χ1v) is 12.3. The normalized spacial score (nSPS) is 29.1. The fraction of sp³-hybridized carbons (Fsp3) is 0.517. The van der Waals surface area contributed by atoms with Gasteiger partial charge in [-0.3, -0.25) is 4.79 Å². The highest BCUT2D eigenvalue weighted by atomic mass is 16.5. The molecule has 3 rings (SSSR count). The van der Waals surface area contributed by atoms with E-state index < -0.39 is 0 Å². The van der Waals surface area contributed by atoms with Gasteiger partial charge < -0.3 is 9.47 Å². The lowest BCUT2D eigenvalue weighted by Gasteiger charge is -2.42. The molecule has 1 aromatic carbocycles. The summed E-state index contributed by atoms with van der Waals surface area (Å²) in [7, 11) is 0. The van der Waals surface area contributed by atoms with E-state index in [-0.39, 0.29) is 24.1 Å². The molecule has 0 radical (unpaired) electrons. The number of fused-ring (bicyclic) bond motifs is 1. The molecule has 4 nitrogen and oxygen atoms in total. The fourth-order valence-corrected chi connectivity index (χ4v) is 5.38. The largest absolute Gasteiger partial charge is 0.462 e. The van der Waals surface area contributed by atoms with Crippen molar-refractivity contribution in [3.05, 3.63) is 65.8 Å². The van der Waals surface area contributed by atoms with Crippen LogP contribution in [0.3, 0.4) is 0 Å². The first kappa shape index (κ1) is 25.0. The second-order valence-corrected chi connectivity index (χ2v) is 9.81. The molecule has 4 heteroatoms. The third kappa shape index (κ3) is 7.45. The predicted molar refractivity (Wildman–Crippen MR) is 132 cm³/mol. The number of esters is 2. The lowest BCUT2D eigenvalue weighted by atomic mass is 9.64. The second-order valence-electron chi connectivity index (χ2n) is 9.81. The smallest absolute Gasteiger partial charge is 0.331 e. The van der Waals surface area contributed by atoms with E-state index >= 15 is 0 Å². The van der Waals surface area contributed by atoms with Crippen molar-refractivity contribution in [2.75, 3.05) is 0 Å². The molecule has 2 aliphatic carbocycles. The summed E-state index contributed by atoms with van der Waals surface area (Å²) in [5.41, 5.74) is 2.34. The van der Waals surface area contributed by atoms with E-state index in [1.807, 2.05) is 30.3 Å².